The van der Waals surface area contributed by atoms with Gasteiger partial charge in [-0.25, -0.2) is 15.0 Å². The zero-order valence-corrected chi connectivity index (χ0v) is 20.0. The number of aryl methyl sites for hydroxylation is 1. The number of rotatable bonds is 8. The van der Waals surface area contributed by atoms with E-state index in [0.717, 1.165) is 58.2 Å². The molecule has 3 aromatic heterocycles. The maximum atomic E-state index is 13.0. The lowest BCUT2D eigenvalue weighted by Crippen LogP contribution is -2.22. The third-order valence-corrected chi connectivity index (χ3v) is 7.78. The summed E-state index contributed by atoms with van der Waals surface area (Å²) in [4.78, 5) is 27.9. The Morgan fingerprint density at radius 1 is 1.24 bits per heavy atom. The zero-order chi connectivity index (χ0) is 22.6. The standard InChI is InChI=1S/C24H25N5O2S2/c1-15-20-22(25-12-18-8-5-9-31-18)27-14-28-24(20)33-21(15)23(30)26-11-17-13-32-19(29-17)10-16-6-3-2-4-7-16/h2-4,6-7,13-14,18H,5,8-12H2,1H3,(H,26,30)(H,25,27,28). The van der Waals surface area contributed by atoms with Gasteiger partial charge in [0.1, 0.15) is 17.0 Å². The quantitative estimate of drug-likeness (QED) is 0.385. The van der Waals surface area contributed by atoms with Crippen molar-refractivity contribution in [1.82, 2.24) is 20.3 Å². The molecule has 170 valence electrons. The highest BCUT2D eigenvalue weighted by Crippen LogP contribution is 2.33. The van der Waals surface area contributed by atoms with Crippen molar-refractivity contribution < 1.29 is 9.53 Å². The van der Waals surface area contributed by atoms with Crippen molar-refractivity contribution >= 4 is 44.6 Å². The van der Waals surface area contributed by atoms with E-state index in [9.17, 15) is 4.79 Å². The number of benzene rings is 1. The zero-order valence-electron chi connectivity index (χ0n) is 18.3. The van der Waals surface area contributed by atoms with Crippen LogP contribution in [0.4, 0.5) is 5.82 Å². The number of fused-ring (bicyclic) bond motifs is 1. The molecule has 33 heavy (non-hydrogen) atoms. The molecule has 5 rings (SSSR count). The van der Waals surface area contributed by atoms with E-state index < -0.39 is 0 Å². The van der Waals surface area contributed by atoms with E-state index in [1.54, 1.807) is 17.7 Å². The summed E-state index contributed by atoms with van der Waals surface area (Å²) in [6.45, 7) is 3.88. The molecule has 0 spiro atoms. The number of aromatic nitrogens is 3. The molecule has 1 aliphatic heterocycles. The lowest BCUT2D eigenvalue weighted by Gasteiger charge is -2.12. The Labute approximate surface area is 200 Å². The van der Waals surface area contributed by atoms with Crippen molar-refractivity contribution in [2.75, 3.05) is 18.5 Å². The van der Waals surface area contributed by atoms with Crippen LogP contribution in [0.15, 0.2) is 42.0 Å². The minimum atomic E-state index is -0.113. The second kappa shape index (κ2) is 9.94. The van der Waals surface area contributed by atoms with E-state index in [-0.39, 0.29) is 12.0 Å². The Bertz CT molecular complexity index is 1250. The number of anilines is 1. The molecule has 4 heterocycles. The Hall–Kier alpha value is -2.88. The number of thiophene rings is 1. The number of nitrogens with one attached hydrogen (secondary N) is 2. The second-order valence-electron chi connectivity index (χ2n) is 8.05. The number of hydrogen-bond donors (Lipinski definition) is 2. The van der Waals surface area contributed by atoms with Crippen LogP contribution >= 0.6 is 22.7 Å². The average Bonchev–Trinajstić information content (AvgIpc) is 3.58. The van der Waals surface area contributed by atoms with Crippen molar-refractivity contribution in [3.05, 3.63) is 68.7 Å². The molecule has 0 saturated carbocycles. The summed E-state index contributed by atoms with van der Waals surface area (Å²) < 4.78 is 5.70. The molecule has 1 aromatic carbocycles. The summed E-state index contributed by atoms with van der Waals surface area (Å²) in [5, 5.41) is 10.4. The number of hydrogen-bond acceptors (Lipinski definition) is 8. The molecule has 1 amide bonds. The summed E-state index contributed by atoms with van der Waals surface area (Å²) >= 11 is 3.01. The number of nitrogens with zero attached hydrogens (tertiary/aromatic N) is 3. The van der Waals surface area contributed by atoms with Gasteiger partial charge < -0.3 is 15.4 Å². The summed E-state index contributed by atoms with van der Waals surface area (Å²) in [5.41, 5.74) is 3.00. The fraction of sp³-hybridized carbons (Fsp3) is 0.333. The minimum Gasteiger partial charge on any atom is -0.376 e. The maximum absolute atomic E-state index is 13.0. The molecule has 0 bridgehead atoms. The molecule has 1 aliphatic rings. The van der Waals surface area contributed by atoms with Crippen LogP contribution in [-0.4, -0.2) is 40.1 Å². The Kier molecular flexibility index (Phi) is 6.61. The molecule has 1 saturated heterocycles. The Morgan fingerprint density at radius 2 is 2.12 bits per heavy atom. The third kappa shape index (κ3) is 5.05. The van der Waals surface area contributed by atoms with Crippen molar-refractivity contribution in [3.8, 4) is 0 Å². The van der Waals surface area contributed by atoms with Gasteiger partial charge in [-0.2, -0.15) is 0 Å². The molecule has 0 aliphatic carbocycles. The number of ether oxygens (including phenoxy) is 1. The monoisotopic (exact) mass is 479 g/mol. The van der Waals surface area contributed by atoms with Gasteiger partial charge in [0, 0.05) is 25.0 Å². The summed E-state index contributed by atoms with van der Waals surface area (Å²) in [5.74, 6) is 0.645. The lowest BCUT2D eigenvalue weighted by molar-refractivity contribution is 0.0954. The SMILES string of the molecule is Cc1c(C(=O)NCc2csc(Cc3ccccc3)n2)sc2ncnc(NCC3CCCO3)c12. The Balaban J connectivity index is 1.25. The molecule has 2 N–H and O–H groups in total. The van der Waals surface area contributed by atoms with Crippen molar-refractivity contribution in [2.45, 2.75) is 38.8 Å². The minimum absolute atomic E-state index is 0.113. The van der Waals surface area contributed by atoms with E-state index in [0.29, 0.717) is 18.0 Å². The van der Waals surface area contributed by atoms with Gasteiger partial charge in [0.05, 0.1) is 33.6 Å². The maximum Gasteiger partial charge on any atom is 0.262 e. The molecule has 4 aromatic rings. The van der Waals surface area contributed by atoms with Crippen LogP contribution < -0.4 is 10.6 Å². The first-order valence-corrected chi connectivity index (χ1v) is 12.7. The number of amides is 1. The van der Waals surface area contributed by atoms with E-state index in [2.05, 4.69) is 37.7 Å². The van der Waals surface area contributed by atoms with Gasteiger partial charge in [-0.15, -0.1) is 22.7 Å². The largest absolute Gasteiger partial charge is 0.376 e. The summed E-state index contributed by atoms with van der Waals surface area (Å²) in [6.07, 6.45) is 4.71. The van der Waals surface area contributed by atoms with Crippen LogP contribution in [0, 0.1) is 6.92 Å². The van der Waals surface area contributed by atoms with Crippen LogP contribution in [0.25, 0.3) is 10.2 Å². The van der Waals surface area contributed by atoms with E-state index in [4.69, 9.17) is 4.74 Å². The fourth-order valence-corrected chi connectivity index (χ4v) is 5.86. The van der Waals surface area contributed by atoms with Gasteiger partial charge in [0.15, 0.2) is 0 Å². The molecular formula is C24H25N5O2S2. The Morgan fingerprint density at radius 3 is 2.94 bits per heavy atom. The van der Waals surface area contributed by atoms with Crippen LogP contribution in [0.1, 0.15) is 44.3 Å². The van der Waals surface area contributed by atoms with Gasteiger partial charge in [0.2, 0.25) is 0 Å². The van der Waals surface area contributed by atoms with Crippen LogP contribution in [0.2, 0.25) is 0 Å². The number of carbonyl (C=O) groups is 1. The number of thiazole rings is 1. The van der Waals surface area contributed by atoms with Gasteiger partial charge in [-0.1, -0.05) is 30.3 Å². The fourth-order valence-electron chi connectivity index (χ4n) is 3.97. The summed E-state index contributed by atoms with van der Waals surface area (Å²) in [6, 6.07) is 10.3. The van der Waals surface area contributed by atoms with E-state index in [1.807, 2.05) is 30.5 Å². The highest BCUT2D eigenvalue weighted by molar-refractivity contribution is 7.20. The predicted molar refractivity (Wildman–Crippen MR) is 132 cm³/mol. The van der Waals surface area contributed by atoms with Gasteiger partial charge in [-0.05, 0) is 30.9 Å². The third-order valence-electron chi connectivity index (χ3n) is 5.68. The van der Waals surface area contributed by atoms with Crippen LogP contribution in [-0.2, 0) is 17.7 Å². The van der Waals surface area contributed by atoms with Gasteiger partial charge in [-0.3, -0.25) is 4.79 Å². The topological polar surface area (TPSA) is 89.0 Å². The first kappa shape index (κ1) is 21.9. The first-order valence-electron chi connectivity index (χ1n) is 11.0. The molecule has 7 nitrogen and oxygen atoms in total. The van der Waals surface area contributed by atoms with Crippen molar-refractivity contribution in [3.63, 3.8) is 0 Å². The summed E-state index contributed by atoms with van der Waals surface area (Å²) in [7, 11) is 0. The van der Waals surface area contributed by atoms with Crippen LogP contribution in [0.5, 0.6) is 0 Å². The first-order chi connectivity index (χ1) is 16.2. The molecule has 1 fully saturated rings. The smallest absolute Gasteiger partial charge is 0.262 e. The lowest BCUT2D eigenvalue weighted by atomic mass is 10.2. The highest BCUT2D eigenvalue weighted by Gasteiger charge is 2.21. The van der Waals surface area contributed by atoms with E-state index >= 15 is 0 Å². The van der Waals surface area contributed by atoms with Crippen molar-refractivity contribution in [1.29, 1.82) is 0 Å². The van der Waals surface area contributed by atoms with Gasteiger partial charge in [0.25, 0.3) is 5.91 Å². The molecule has 1 atom stereocenters. The molecular weight excluding hydrogens is 454 g/mol. The second-order valence-corrected chi connectivity index (χ2v) is 9.99. The normalized spacial score (nSPS) is 15.7. The average molecular weight is 480 g/mol. The van der Waals surface area contributed by atoms with E-state index in [1.165, 1.54) is 16.9 Å². The molecule has 9 heteroatoms. The van der Waals surface area contributed by atoms with Crippen molar-refractivity contribution in [2.24, 2.45) is 0 Å². The predicted octanol–water partition coefficient (Wildman–Crippen LogP) is 4.57. The molecule has 0 radical (unpaired) electrons. The van der Waals surface area contributed by atoms with Crippen LogP contribution in [0.3, 0.4) is 0 Å². The molecule has 1 unspecified atom stereocenters. The highest BCUT2D eigenvalue weighted by atomic mass is 32.1. The number of carbonyl (C=O) groups excluding carboxylic acids is 1. The van der Waals surface area contributed by atoms with Gasteiger partial charge >= 0.3 is 0 Å².